The van der Waals surface area contributed by atoms with Crippen LogP contribution in [0.3, 0.4) is 0 Å². The molecule has 0 radical (unpaired) electrons. The lowest BCUT2D eigenvalue weighted by atomic mass is 10.1. The molecule has 1 heterocycles. The Labute approximate surface area is 202 Å². The van der Waals surface area contributed by atoms with Crippen LogP contribution >= 0.6 is 0 Å². The topological polar surface area (TPSA) is 60.5 Å². The van der Waals surface area contributed by atoms with Gasteiger partial charge in [0.2, 0.25) is 0 Å². The molecule has 3 atom stereocenters. The minimum absolute atomic E-state index is 0.297. The zero-order valence-electron chi connectivity index (χ0n) is 20.1. The number of ether oxygens (including phenoxy) is 4. The van der Waals surface area contributed by atoms with Gasteiger partial charge in [-0.05, 0) is 30.2 Å². The summed E-state index contributed by atoms with van der Waals surface area (Å²) in [6, 6.07) is 17.6. The van der Waals surface area contributed by atoms with E-state index in [9.17, 15) is 4.79 Å². The van der Waals surface area contributed by atoms with Crippen molar-refractivity contribution in [1.29, 1.82) is 0 Å². The molecule has 0 saturated heterocycles. The van der Waals surface area contributed by atoms with Gasteiger partial charge in [-0.3, -0.25) is 4.79 Å². The number of hydrogen-bond donors (Lipinski definition) is 0. The molecule has 0 saturated carbocycles. The van der Waals surface area contributed by atoms with Gasteiger partial charge in [-0.25, -0.2) is 0 Å². The highest BCUT2D eigenvalue weighted by Gasteiger charge is 2.32. The molecule has 3 rings (SSSR count). The maximum Gasteiger partial charge on any atom is 0.303 e. The molecule has 0 fully saturated rings. The Morgan fingerprint density at radius 2 is 1.79 bits per heavy atom. The van der Waals surface area contributed by atoms with Gasteiger partial charge in [-0.1, -0.05) is 48.5 Å². The van der Waals surface area contributed by atoms with Crippen LogP contribution in [0.5, 0.6) is 5.75 Å². The summed E-state index contributed by atoms with van der Waals surface area (Å²) in [4.78, 5) is 16.0. The summed E-state index contributed by atoms with van der Waals surface area (Å²) in [7, 11) is 1.62. The molecule has 0 aromatic heterocycles. The summed E-state index contributed by atoms with van der Waals surface area (Å²) in [5.41, 5.74) is 1.94. The first-order chi connectivity index (χ1) is 16.5. The number of nitrogens with zero attached hydrogens (tertiary/aromatic N) is 2. The molecule has 34 heavy (non-hydrogen) atoms. The second-order valence-electron chi connectivity index (χ2n) is 7.90. The molecule has 3 unspecified atom stereocenters. The molecule has 2 aromatic carbocycles. The van der Waals surface area contributed by atoms with Gasteiger partial charge >= 0.3 is 5.97 Å². The van der Waals surface area contributed by atoms with Crippen LogP contribution in [0.4, 0.5) is 0 Å². The number of rotatable bonds is 13. The zero-order chi connectivity index (χ0) is 24.3. The molecule has 0 bridgehead atoms. The monoisotopic (exact) mass is 466 g/mol. The van der Waals surface area contributed by atoms with Crippen molar-refractivity contribution < 1.29 is 23.7 Å². The average molecular weight is 467 g/mol. The van der Waals surface area contributed by atoms with E-state index in [1.54, 1.807) is 13.2 Å². The van der Waals surface area contributed by atoms with E-state index in [-0.39, 0.29) is 18.3 Å². The molecule has 0 amide bonds. The van der Waals surface area contributed by atoms with E-state index in [4.69, 9.17) is 18.9 Å². The fourth-order valence-electron chi connectivity index (χ4n) is 3.90. The lowest BCUT2D eigenvalue weighted by Gasteiger charge is -2.35. The predicted molar refractivity (Wildman–Crippen MR) is 131 cm³/mol. The maximum atomic E-state index is 11.8. The highest BCUT2D eigenvalue weighted by atomic mass is 16.6. The second-order valence-corrected chi connectivity index (χ2v) is 7.90. The number of hydrogen-bond acceptors (Lipinski definition) is 7. The van der Waals surface area contributed by atoms with E-state index in [0.29, 0.717) is 26.4 Å². The third kappa shape index (κ3) is 6.85. The van der Waals surface area contributed by atoms with Crippen LogP contribution in [0.2, 0.25) is 0 Å². The molecule has 182 valence electrons. The summed E-state index contributed by atoms with van der Waals surface area (Å²) in [6.07, 6.45) is 4.68. The Balaban J connectivity index is 1.74. The minimum atomic E-state index is -0.416. The summed E-state index contributed by atoms with van der Waals surface area (Å²) in [6.45, 7) is 9.21. The van der Waals surface area contributed by atoms with Gasteiger partial charge in [-0.15, -0.1) is 6.58 Å². The lowest BCUT2D eigenvalue weighted by molar-refractivity contribution is -0.148. The standard InChI is InChI=1S/C27H34N2O5/c1-5-18-33-26(23-10-8-7-9-11-23)27(32-6-2)29-17-16-28(20-29)19-25(34-21(3)30)22-12-14-24(31-4)15-13-22/h5,7-17,25-27H,1,6,18-20H2,2-4H3. The molecule has 1 aliphatic heterocycles. The third-order valence-electron chi connectivity index (χ3n) is 5.46. The fraction of sp³-hybridized carbons (Fsp3) is 0.370. The van der Waals surface area contributed by atoms with E-state index in [1.165, 1.54) is 6.92 Å². The number of methoxy groups -OCH3 is 1. The van der Waals surface area contributed by atoms with Gasteiger partial charge in [0.05, 0.1) is 26.9 Å². The summed E-state index contributed by atoms with van der Waals surface area (Å²) in [5.74, 6) is 0.429. The lowest BCUT2D eigenvalue weighted by Crippen LogP contribution is -2.42. The first kappa shape index (κ1) is 25.3. The first-order valence-electron chi connectivity index (χ1n) is 11.4. The Morgan fingerprint density at radius 1 is 1.06 bits per heavy atom. The van der Waals surface area contributed by atoms with E-state index in [1.807, 2.05) is 73.9 Å². The van der Waals surface area contributed by atoms with E-state index in [2.05, 4.69) is 16.4 Å². The number of benzene rings is 2. The molecule has 0 spiro atoms. The molecule has 7 nitrogen and oxygen atoms in total. The van der Waals surface area contributed by atoms with Gasteiger partial charge in [-0.2, -0.15) is 0 Å². The van der Waals surface area contributed by atoms with Crippen molar-refractivity contribution in [3.63, 3.8) is 0 Å². The Kier molecular flexibility index (Phi) is 9.55. The third-order valence-corrected chi connectivity index (χ3v) is 5.46. The van der Waals surface area contributed by atoms with Crippen molar-refractivity contribution >= 4 is 5.97 Å². The van der Waals surface area contributed by atoms with E-state index >= 15 is 0 Å². The van der Waals surface area contributed by atoms with Crippen molar-refractivity contribution in [2.75, 3.05) is 33.5 Å². The predicted octanol–water partition coefficient (Wildman–Crippen LogP) is 4.65. The summed E-state index contributed by atoms with van der Waals surface area (Å²) in [5, 5.41) is 0. The smallest absolute Gasteiger partial charge is 0.303 e. The normalized spacial score (nSPS) is 15.6. The highest BCUT2D eigenvalue weighted by Crippen LogP contribution is 2.30. The van der Waals surface area contributed by atoms with Gasteiger partial charge in [0, 0.05) is 25.9 Å². The number of carbonyl (C=O) groups is 1. The molecular weight excluding hydrogens is 432 g/mol. The van der Waals surface area contributed by atoms with Crippen molar-refractivity contribution in [3.05, 3.63) is 90.8 Å². The van der Waals surface area contributed by atoms with Crippen molar-refractivity contribution in [1.82, 2.24) is 9.80 Å². The molecule has 0 N–H and O–H groups in total. The molecule has 0 aliphatic carbocycles. The van der Waals surface area contributed by atoms with Gasteiger partial charge in [0.1, 0.15) is 18.0 Å². The molecule has 7 heteroatoms. The van der Waals surface area contributed by atoms with Crippen LogP contribution in [0.25, 0.3) is 0 Å². The SMILES string of the molecule is C=CCOC(c1ccccc1)C(OCC)N1C=CN(CC(OC(C)=O)c2ccc(OC)cc2)C1. The summed E-state index contributed by atoms with van der Waals surface area (Å²) >= 11 is 0. The van der Waals surface area contributed by atoms with E-state index in [0.717, 1.165) is 16.9 Å². The second kappa shape index (κ2) is 12.8. The Morgan fingerprint density at radius 3 is 2.41 bits per heavy atom. The fourth-order valence-corrected chi connectivity index (χ4v) is 3.90. The molecular formula is C27H34N2O5. The van der Waals surface area contributed by atoms with Gasteiger partial charge in [0.15, 0.2) is 6.23 Å². The van der Waals surface area contributed by atoms with Gasteiger partial charge < -0.3 is 28.7 Å². The molecule has 1 aliphatic rings. The summed E-state index contributed by atoms with van der Waals surface area (Å²) < 4.78 is 23.2. The van der Waals surface area contributed by atoms with Crippen LogP contribution in [-0.4, -0.2) is 55.5 Å². The zero-order valence-corrected chi connectivity index (χ0v) is 20.1. The van der Waals surface area contributed by atoms with Crippen LogP contribution in [0, 0.1) is 0 Å². The Bertz CT molecular complexity index is 932. The van der Waals surface area contributed by atoms with Crippen LogP contribution in [-0.2, 0) is 19.0 Å². The van der Waals surface area contributed by atoms with Gasteiger partial charge in [0.25, 0.3) is 0 Å². The maximum absolute atomic E-state index is 11.8. The average Bonchev–Trinajstić information content (AvgIpc) is 3.32. The van der Waals surface area contributed by atoms with Crippen LogP contribution < -0.4 is 4.74 Å². The Hall–Kier alpha value is -3.29. The minimum Gasteiger partial charge on any atom is -0.497 e. The number of esters is 1. The van der Waals surface area contributed by atoms with Crippen LogP contribution in [0.15, 0.2) is 79.7 Å². The quantitative estimate of drug-likeness (QED) is 0.314. The van der Waals surface area contributed by atoms with Crippen molar-refractivity contribution in [2.24, 2.45) is 0 Å². The van der Waals surface area contributed by atoms with Crippen LogP contribution in [0.1, 0.15) is 37.2 Å². The first-order valence-corrected chi connectivity index (χ1v) is 11.4. The highest BCUT2D eigenvalue weighted by molar-refractivity contribution is 5.66. The van der Waals surface area contributed by atoms with Crippen molar-refractivity contribution in [2.45, 2.75) is 32.3 Å². The number of carbonyl (C=O) groups excluding carboxylic acids is 1. The van der Waals surface area contributed by atoms with Crippen molar-refractivity contribution in [3.8, 4) is 5.75 Å². The largest absolute Gasteiger partial charge is 0.497 e. The van der Waals surface area contributed by atoms with E-state index < -0.39 is 6.10 Å². The molecule has 2 aromatic rings.